The number of thiophene rings is 1. The molecule has 22 heavy (non-hydrogen) atoms. The number of hydrogen-bond acceptors (Lipinski definition) is 4. The van der Waals surface area contributed by atoms with Gasteiger partial charge in [0.1, 0.15) is 0 Å². The molecule has 1 aliphatic rings. The third-order valence-electron chi connectivity index (χ3n) is 3.55. The third kappa shape index (κ3) is 5.14. The Morgan fingerprint density at radius 2 is 2.32 bits per heavy atom. The minimum absolute atomic E-state index is 0.0330. The summed E-state index contributed by atoms with van der Waals surface area (Å²) in [6.45, 7) is 4.54. The summed E-state index contributed by atoms with van der Waals surface area (Å²) >= 11 is 6.22. The molecule has 1 fully saturated rings. The first-order valence-corrected chi connectivity index (χ1v) is 8.73. The van der Waals surface area contributed by atoms with Crippen molar-refractivity contribution >= 4 is 26.8 Å². The fourth-order valence-corrected chi connectivity index (χ4v) is 3.45. The summed E-state index contributed by atoms with van der Waals surface area (Å²) in [5, 5.41) is 3.95. The molecular weight excluding hydrogens is 341 g/mol. The number of carbonyl (C=O) groups excluding carboxylic acids is 1. The molecule has 1 saturated heterocycles. The molecule has 2 heterocycles. The number of likely N-dealkylation sites (N-methyl/N-ethyl adjacent to an activating group) is 1. The van der Waals surface area contributed by atoms with Crippen LogP contribution in [0, 0.1) is 12.8 Å². The zero-order valence-corrected chi connectivity index (χ0v) is 15.1. The Kier molecular flexibility index (Phi) is 6.52. The van der Waals surface area contributed by atoms with Gasteiger partial charge < -0.3 is 0 Å². The number of aryl methyl sites for hydroxylation is 1. The van der Waals surface area contributed by atoms with Crippen molar-refractivity contribution < 1.29 is 20.1 Å². The summed E-state index contributed by atoms with van der Waals surface area (Å²) in [6.07, 6.45) is 4.98. The van der Waals surface area contributed by atoms with Gasteiger partial charge in [-0.25, -0.2) is 0 Å². The Balaban J connectivity index is 1.82. The standard InChI is InChI=1S/C16H23N3OS.Co/c1-13-6-7-15(21-13)17-16(20)14-8-11-19(12-14)10-5-4-9-18(2)3;/h4-7,14H,8-9,11-12H2,1-3H3,(H,17,20);/b5-4+;. The van der Waals surface area contributed by atoms with Gasteiger partial charge in [-0.1, -0.05) is 0 Å². The van der Waals surface area contributed by atoms with Crippen molar-refractivity contribution in [2.45, 2.75) is 13.3 Å². The molecule has 0 aliphatic carbocycles. The third-order valence-corrected chi connectivity index (χ3v) is 4.97. The predicted octanol–water partition coefficient (Wildman–Crippen LogP) is 2.11. The van der Waals surface area contributed by atoms with Gasteiger partial charge in [0, 0.05) is 0 Å². The van der Waals surface area contributed by atoms with E-state index in [1.807, 2.05) is 39.2 Å². The molecule has 1 aromatic rings. The van der Waals surface area contributed by atoms with Crippen LogP contribution in [0.15, 0.2) is 24.3 Å². The van der Waals surface area contributed by atoms with Crippen LogP contribution in [-0.4, -0.2) is 54.0 Å². The van der Waals surface area contributed by atoms with Crippen molar-refractivity contribution in [3.05, 3.63) is 29.2 Å². The van der Waals surface area contributed by atoms with Gasteiger partial charge in [0.15, 0.2) is 0 Å². The van der Waals surface area contributed by atoms with Crippen LogP contribution in [0.1, 0.15) is 11.3 Å². The number of nitrogens with zero attached hydrogens (tertiary/aromatic N) is 2. The monoisotopic (exact) mass is 364 g/mol. The molecule has 2 rings (SSSR count). The first-order valence-electron chi connectivity index (χ1n) is 7.39. The van der Waals surface area contributed by atoms with Crippen LogP contribution < -0.4 is 5.32 Å². The minimum atomic E-state index is 0.0330. The molecule has 1 atom stereocenters. The van der Waals surface area contributed by atoms with Gasteiger partial charge in [0.2, 0.25) is 0 Å². The van der Waals surface area contributed by atoms with Gasteiger partial charge in [-0.2, -0.15) is 0 Å². The summed E-state index contributed by atoms with van der Waals surface area (Å²) in [6, 6.07) is 3.99. The first-order chi connectivity index (χ1) is 10.5. The maximum atomic E-state index is 12.3. The quantitative estimate of drug-likeness (QED) is 0.840. The fourth-order valence-electron chi connectivity index (χ4n) is 2.35. The molecule has 123 valence electrons. The molecule has 0 bridgehead atoms. The molecule has 0 aromatic carbocycles. The summed E-state index contributed by atoms with van der Waals surface area (Å²) < 4.78 is 0.927. The van der Waals surface area contributed by atoms with Gasteiger partial charge in [-0.05, 0) is 0 Å². The van der Waals surface area contributed by atoms with Gasteiger partial charge in [0.05, 0.1) is 0 Å². The Labute approximate surface area is 144 Å². The van der Waals surface area contributed by atoms with Crippen LogP contribution in [0.3, 0.4) is 0 Å². The van der Waals surface area contributed by atoms with Crippen molar-refractivity contribution in [3.8, 4) is 0 Å². The topological polar surface area (TPSA) is 35.6 Å². The average Bonchev–Trinajstić information content (AvgIpc) is 3.07. The van der Waals surface area contributed by atoms with E-state index in [9.17, 15) is 4.79 Å². The first kappa shape index (κ1) is 17.6. The molecule has 1 amide bonds. The number of hydrogen-bond donors (Lipinski definition) is 1. The fraction of sp³-hybridized carbons (Fsp3) is 0.500. The van der Waals surface area contributed by atoms with Crippen LogP contribution in [0.4, 0.5) is 5.00 Å². The van der Waals surface area contributed by atoms with Crippen LogP contribution in [-0.2, 0) is 20.1 Å². The predicted molar refractivity (Wildman–Crippen MR) is 90.1 cm³/mol. The zero-order chi connectivity index (χ0) is 16.1. The molecule has 0 saturated carbocycles. The van der Waals surface area contributed by atoms with E-state index in [1.165, 1.54) is 4.88 Å². The summed E-state index contributed by atoms with van der Waals surface area (Å²) in [7, 11) is 4.06. The zero-order valence-electron chi connectivity index (χ0n) is 13.3. The molecule has 1 aromatic heterocycles. The second-order valence-corrected chi connectivity index (χ2v) is 7.62. The van der Waals surface area contributed by atoms with Gasteiger partial charge in [-0.3, -0.25) is 0 Å². The van der Waals surface area contributed by atoms with Gasteiger partial charge in [-0.15, -0.1) is 0 Å². The normalized spacial score (nSPS) is 19.2. The van der Waals surface area contributed by atoms with E-state index >= 15 is 0 Å². The number of rotatable bonds is 6. The number of likely N-dealkylation sites (tertiary alicyclic amines) is 1. The second-order valence-electron chi connectivity index (χ2n) is 5.80. The van der Waals surface area contributed by atoms with E-state index in [1.54, 1.807) is 11.3 Å². The van der Waals surface area contributed by atoms with Gasteiger partial charge in [0.25, 0.3) is 0 Å². The van der Waals surface area contributed by atoms with Crippen molar-refractivity contribution in [1.29, 1.82) is 0 Å². The summed E-state index contributed by atoms with van der Waals surface area (Å²) in [5.74, 6) is 0.146. The van der Waals surface area contributed by atoms with E-state index in [0.717, 1.165) is 35.6 Å². The van der Waals surface area contributed by atoms with Crippen molar-refractivity contribution in [2.75, 3.05) is 39.0 Å². The second kappa shape index (κ2) is 8.17. The average molecular weight is 364 g/mol. The molecule has 6 heteroatoms. The number of amides is 1. The number of nitrogens with one attached hydrogen (secondary N) is 1. The van der Waals surface area contributed by atoms with E-state index in [-0.39, 0.29) is 11.8 Å². The summed E-state index contributed by atoms with van der Waals surface area (Å²) in [5.41, 5.74) is 0. The Bertz CT molecular complexity index is 567. The van der Waals surface area contributed by atoms with Crippen molar-refractivity contribution in [1.82, 2.24) is 9.80 Å². The van der Waals surface area contributed by atoms with E-state index < -0.39 is 0 Å². The molecule has 0 radical (unpaired) electrons. The molecule has 4 nitrogen and oxygen atoms in total. The van der Waals surface area contributed by atoms with E-state index in [4.69, 9.17) is 0 Å². The number of carbonyl (C=O) groups is 1. The Morgan fingerprint density at radius 1 is 1.55 bits per heavy atom. The number of anilines is 1. The SMILES string of the molecule is Cc1ccc(NC(=O)C2CCN([C](=[Co])/C=C/CN(C)C)C2)s1. The van der Waals surface area contributed by atoms with Crippen LogP contribution in [0.5, 0.6) is 0 Å². The maximum absolute atomic E-state index is 12.3. The van der Waals surface area contributed by atoms with Crippen LogP contribution in [0.2, 0.25) is 0 Å². The van der Waals surface area contributed by atoms with Gasteiger partial charge >= 0.3 is 144 Å². The van der Waals surface area contributed by atoms with Crippen molar-refractivity contribution in [2.24, 2.45) is 5.92 Å². The Hall–Kier alpha value is -0.794. The molecular formula is C16H23CoN3OS. The van der Waals surface area contributed by atoms with Crippen molar-refractivity contribution in [3.63, 3.8) is 0 Å². The van der Waals surface area contributed by atoms with E-state index in [0.29, 0.717) is 0 Å². The van der Waals surface area contributed by atoms with Crippen LogP contribution >= 0.6 is 11.3 Å². The van der Waals surface area contributed by atoms with Crippen LogP contribution in [0.25, 0.3) is 0 Å². The molecule has 1 unspecified atom stereocenters. The summed E-state index contributed by atoms with van der Waals surface area (Å²) in [4.78, 5) is 17.8. The molecule has 0 spiro atoms. The molecule has 1 aliphatic heterocycles. The Morgan fingerprint density at radius 3 is 2.95 bits per heavy atom. The van der Waals surface area contributed by atoms with E-state index in [2.05, 4.69) is 36.5 Å². The molecule has 1 N–H and O–H groups in total.